The molecule has 0 unspecified atom stereocenters. The van der Waals surface area contributed by atoms with Gasteiger partial charge in [-0.3, -0.25) is 0 Å². The SMILES string of the molecule is CN(C)c1ccc(Oc2ccc(CCN)cc2)cc1. The van der Waals surface area contributed by atoms with Gasteiger partial charge in [0.25, 0.3) is 0 Å². The van der Waals surface area contributed by atoms with Gasteiger partial charge < -0.3 is 15.4 Å². The summed E-state index contributed by atoms with van der Waals surface area (Å²) in [7, 11) is 4.04. The number of ether oxygens (including phenoxy) is 1. The molecule has 2 aromatic carbocycles. The number of nitrogens with two attached hydrogens (primary N) is 1. The highest BCUT2D eigenvalue weighted by Gasteiger charge is 1.99. The molecular weight excluding hydrogens is 236 g/mol. The third kappa shape index (κ3) is 3.73. The molecule has 0 aliphatic carbocycles. The zero-order valence-electron chi connectivity index (χ0n) is 11.5. The molecule has 0 radical (unpaired) electrons. The minimum Gasteiger partial charge on any atom is -0.457 e. The largest absolute Gasteiger partial charge is 0.457 e. The quantitative estimate of drug-likeness (QED) is 0.893. The van der Waals surface area contributed by atoms with Crippen LogP contribution in [0.4, 0.5) is 5.69 Å². The van der Waals surface area contributed by atoms with E-state index in [9.17, 15) is 0 Å². The number of rotatable bonds is 5. The first-order valence-corrected chi connectivity index (χ1v) is 6.43. The summed E-state index contributed by atoms with van der Waals surface area (Å²) in [4.78, 5) is 2.06. The van der Waals surface area contributed by atoms with E-state index >= 15 is 0 Å². The van der Waals surface area contributed by atoms with E-state index in [4.69, 9.17) is 10.5 Å². The van der Waals surface area contributed by atoms with Crippen molar-refractivity contribution in [3.05, 3.63) is 54.1 Å². The van der Waals surface area contributed by atoms with Crippen LogP contribution < -0.4 is 15.4 Å². The maximum absolute atomic E-state index is 5.80. The second-order valence-electron chi connectivity index (χ2n) is 4.67. The average molecular weight is 256 g/mol. The summed E-state index contributed by atoms with van der Waals surface area (Å²) in [5.41, 5.74) is 7.92. The topological polar surface area (TPSA) is 38.5 Å². The van der Waals surface area contributed by atoms with E-state index in [2.05, 4.69) is 17.0 Å². The van der Waals surface area contributed by atoms with Gasteiger partial charge in [0, 0.05) is 19.8 Å². The maximum Gasteiger partial charge on any atom is 0.127 e. The minimum absolute atomic E-state index is 0.673. The number of benzene rings is 2. The van der Waals surface area contributed by atoms with Crippen LogP contribution in [0, 0.1) is 0 Å². The predicted molar refractivity (Wildman–Crippen MR) is 80.0 cm³/mol. The normalized spacial score (nSPS) is 10.3. The van der Waals surface area contributed by atoms with Crippen molar-refractivity contribution in [2.45, 2.75) is 6.42 Å². The zero-order valence-corrected chi connectivity index (χ0v) is 11.5. The Morgan fingerprint density at radius 2 is 1.42 bits per heavy atom. The van der Waals surface area contributed by atoms with Gasteiger partial charge in [0.2, 0.25) is 0 Å². The molecule has 0 heterocycles. The second kappa shape index (κ2) is 6.25. The van der Waals surface area contributed by atoms with E-state index in [1.54, 1.807) is 0 Å². The summed E-state index contributed by atoms with van der Waals surface area (Å²) in [6, 6.07) is 16.1. The Kier molecular flexibility index (Phi) is 4.42. The molecule has 2 rings (SSSR count). The van der Waals surface area contributed by atoms with Crippen molar-refractivity contribution in [3.8, 4) is 11.5 Å². The molecule has 0 atom stereocenters. The van der Waals surface area contributed by atoms with Gasteiger partial charge >= 0.3 is 0 Å². The predicted octanol–water partition coefficient (Wildman–Crippen LogP) is 3.05. The van der Waals surface area contributed by atoms with Crippen LogP contribution in [0.15, 0.2) is 48.5 Å². The highest BCUT2D eigenvalue weighted by atomic mass is 16.5. The first-order chi connectivity index (χ1) is 9.19. The Balaban J connectivity index is 2.04. The van der Waals surface area contributed by atoms with Gasteiger partial charge in [-0.2, -0.15) is 0 Å². The Morgan fingerprint density at radius 1 is 0.895 bits per heavy atom. The van der Waals surface area contributed by atoms with Crippen molar-refractivity contribution in [2.24, 2.45) is 5.73 Å². The molecule has 0 aliphatic rings. The number of anilines is 1. The zero-order chi connectivity index (χ0) is 13.7. The number of hydrogen-bond acceptors (Lipinski definition) is 3. The van der Waals surface area contributed by atoms with Gasteiger partial charge in [0.15, 0.2) is 0 Å². The lowest BCUT2D eigenvalue weighted by Crippen LogP contribution is -2.07. The molecule has 0 aromatic heterocycles. The van der Waals surface area contributed by atoms with Crippen LogP contribution in [0.5, 0.6) is 11.5 Å². The summed E-state index contributed by atoms with van der Waals surface area (Å²) >= 11 is 0. The van der Waals surface area contributed by atoms with Gasteiger partial charge in [0.05, 0.1) is 0 Å². The molecule has 0 bridgehead atoms. The van der Waals surface area contributed by atoms with Crippen LogP contribution >= 0.6 is 0 Å². The van der Waals surface area contributed by atoms with Crippen molar-refractivity contribution >= 4 is 5.69 Å². The summed E-state index contributed by atoms with van der Waals surface area (Å²) in [6.07, 6.45) is 0.901. The van der Waals surface area contributed by atoms with Crippen LogP contribution in [-0.2, 0) is 6.42 Å². The van der Waals surface area contributed by atoms with E-state index in [-0.39, 0.29) is 0 Å². The van der Waals surface area contributed by atoms with Gasteiger partial charge in [0.1, 0.15) is 11.5 Å². The van der Waals surface area contributed by atoms with Crippen LogP contribution in [0.1, 0.15) is 5.56 Å². The molecule has 19 heavy (non-hydrogen) atoms. The fraction of sp³-hybridized carbons (Fsp3) is 0.250. The molecule has 3 nitrogen and oxygen atoms in total. The van der Waals surface area contributed by atoms with E-state index in [0.717, 1.165) is 23.6 Å². The van der Waals surface area contributed by atoms with Crippen molar-refractivity contribution in [3.63, 3.8) is 0 Å². The first-order valence-electron chi connectivity index (χ1n) is 6.43. The summed E-state index contributed by atoms with van der Waals surface area (Å²) < 4.78 is 5.80. The lowest BCUT2D eigenvalue weighted by Gasteiger charge is -2.13. The second-order valence-corrected chi connectivity index (χ2v) is 4.67. The van der Waals surface area contributed by atoms with Gasteiger partial charge in [-0.05, 0) is 54.9 Å². The Labute approximate surface area is 114 Å². The molecule has 0 spiro atoms. The summed E-state index contributed by atoms with van der Waals surface area (Å²) in [5.74, 6) is 1.69. The molecule has 3 heteroatoms. The molecule has 2 aromatic rings. The van der Waals surface area contributed by atoms with Gasteiger partial charge in [-0.15, -0.1) is 0 Å². The van der Waals surface area contributed by atoms with Crippen LogP contribution in [0.3, 0.4) is 0 Å². The van der Waals surface area contributed by atoms with Gasteiger partial charge in [-0.1, -0.05) is 12.1 Å². The molecular formula is C16H20N2O. The Morgan fingerprint density at radius 3 is 1.89 bits per heavy atom. The van der Waals surface area contributed by atoms with Crippen LogP contribution in [0.25, 0.3) is 0 Å². The lowest BCUT2D eigenvalue weighted by molar-refractivity contribution is 0.482. The van der Waals surface area contributed by atoms with Crippen LogP contribution in [0.2, 0.25) is 0 Å². The minimum atomic E-state index is 0.673. The molecule has 100 valence electrons. The van der Waals surface area contributed by atoms with Crippen molar-refractivity contribution < 1.29 is 4.74 Å². The number of nitrogens with zero attached hydrogens (tertiary/aromatic N) is 1. The van der Waals surface area contributed by atoms with E-state index in [0.29, 0.717) is 6.54 Å². The molecule has 0 amide bonds. The highest BCUT2D eigenvalue weighted by molar-refractivity contribution is 5.48. The van der Waals surface area contributed by atoms with E-state index < -0.39 is 0 Å². The first kappa shape index (κ1) is 13.4. The fourth-order valence-electron chi connectivity index (χ4n) is 1.84. The van der Waals surface area contributed by atoms with Crippen molar-refractivity contribution in [1.82, 2.24) is 0 Å². The average Bonchev–Trinajstić information content (AvgIpc) is 2.42. The fourth-order valence-corrected chi connectivity index (χ4v) is 1.84. The third-order valence-electron chi connectivity index (χ3n) is 2.95. The van der Waals surface area contributed by atoms with E-state index in [1.165, 1.54) is 5.56 Å². The molecule has 0 fully saturated rings. The summed E-state index contributed by atoms with van der Waals surface area (Å²) in [5, 5.41) is 0. The maximum atomic E-state index is 5.80. The highest BCUT2D eigenvalue weighted by Crippen LogP contribution is 2.24. The lowest BCUT2D eigenvalue weighted by atomic mass is 10.1. The molecule has 0 saturated carbocycles. The van der Waals surface area contributed by atoms with Crippen LogP contribution in [-0.4, -0.2) is 20.6 Å². The molecule has 0 aliphatic heterocycles. The Bertz CT molecular complexity index is 503. The monoisotopic (exact) mass is 256 g/mol. The molecule has 0 saturated heterocycles. The third-order valence-corrected chi connectivity index (χ3v) is 2.95. The molecule has 2 N–H and O–H groups in total. The van der Waals surface area contributed by atoms with Gasteiger partial charge in [-0.25, -0.2) is 0 Å². The van der Waals surface area contributed by atoms with E-state index in [1.807, 2.05) is 50.5 Å². The Hall–Kier alpha value is -2.00. The number of hydrogen-bond donors (Lipinski definition) is 1. The van der Waals surface area contributed by atoms with Crippen molar-refractivity contribution in [1.29, 1.82) is 0 Å². The van der Waals surface area contributed by atoms with Crippen molar-refractivity contribution in [2.75, 3.05) is 25.5 Å². The summed E-state index contributed by atoms with van der Waals surface area (Å²) in [6.45, 7) is 0.673. The standard InChI is InChI=1S/C16H20N2O/c1-18(2)14-5-9-16(10-6-14)19-15-7-3-13(4-8-15)11-12-17/h3-10H,11-12,17H2,1-2H3. The smallest absolute Gasteiger partial charge is 0.127 e.